The summed E-state index contributed by atoms with van der Waals surface area (Å²) < 4.78 is 16.2. The Morgan fingerprint density at radius 2 is 2.50 bits per heavy atom. The molecule has 0 aliphatic heterocycles. The van der Waals surface area contributed by atoms with Crippen LogP contribution < -0.4 is 0 Å². The quantitative estimate of drug-likeness (QED) is 0.537. The molecule has 44 valence electrons. The van der Waals surface area contributed by atoms with Crippen molar-refractivity contribution in [2.45, 2.75) is 5.88 Å². The molecule has 3 heteroatoms. The zero-order chi connectivity index (χ0) is 5.98. The van der Waals surface area contributed by atoms with E-state index < -0.39 is 6.01 Å². The number of furan rings is 1. The van der Waals surface area contributed by atoms with Crippen LogP contribution in [0, 0.1) is 6.01 Å². The Morgan fingerprint density at radius 3 is 2.75 bits per heavy atom. The summed E-state index contributed by atoms with van der Waals surface area (Å²) in [6.07, 6.45) is 1.29. The van der Waals surface area contributed by atoms with Crippen molar-refractivity contribution in [3.8, 4) is 0 Å². The Labute approximate surface area is 51.1 Å². The third-order valence-corrected chi connectivity index (χ3v) is 1.08. The molecule has 0 N–H and O–H groups in total. The Bertz CT molecular complexity index is 173. The van der Waals surface area contributed by atoms with Gasteiger partial charge < -0.3 is 4.42 Å². The molecule has 0 saturated heterocycles. The van der Waals surface area contributed by atoms with Crippen LogP contribution in [0.1, 0.15) is 5.56 Å². The monoisotopic (exact) mass is 134 g/mol. The maximum atomic E-state index is 11.9. The third-order valence-electron chi connectivity index (χ3n) is 0.776. The first-order chi connectivity index (χ1) is 3.83. The molecule has 0 bridgehead atoms. The van der Waals surface area contributed by atoms with Crippen molar-refractivity contribution in [1.82, 2.24) is 0 Å². The topological polar surface area (TPSA) is 13.1 Å². The molecule has 0 spiro atoms. The summed E-state index contributed by atoms with van der Waals surface area (Å²) in [7, 11) is 0. The fraction of sp³-hybridized carbons (Fsp3) is 0.200. The van der Waals surface area contributed by atoms with Gasteiger partial charge >= 0.3 is 0 Å². The van der Waals surface area contributed by atoms with E-state index in [1.165, 1.54) is 12.3 Å². The van der Waals surface area contributed by atoms with Gasteiger partial charge in [-0.25, -0.2) is 0 Å². The average Bonchev–Trinajstić information content (AvgIpc) is 2.14. The maximum absolute atomic E-state index is 11.9. The number of rotatable bonds is 1. The van der Waals surface area contributed by atoms with Crippen LogP contribution in [0.2, 0.25) is 0 Å². The van der Waals surface area contributed by atoms with Crippen molar-refractivity contribution in [2.24, 2.45) is 0 Å². The molecule has 1 nitrogen and oxygen atoms in total. The molecule has 1 aromatic heterocycles. The van der Waals surface area contributed by atoms with Crippen molar-refractivity contribution in [2.75, 3.05) is 0 Å². The van der Waals surface area contributed by atoms with Crippen LogP contribution in [0.15, 0.2) is 16.7 Å². The Kier molecular flexibility index (Phi) is 1.53. The van der Waals surface area contributed by atoms with Gasteiger partial charge in [0.2, 0.25) is 0 Å². The van der Waals surface area contributed by atoms with E-state index in [0.29, 0.717) is 11.4 Å². The van der Waals surface area contributed by atoms with E-state index in [-0.39, 0.29) is 0 Å². The minimum Gasteiger partial charge on any atom is -0.439 e. The van der Waals surface area contributed by atoms with Crippen LogP contribution in [0.5, 0.6) is 0 Å². The lowest BCUT2D eigenvalue weighted by molar-refractivity contribution is 0.359. The first-order valence-corrected chi connectivity index (χ1v) is 2.65. The SMILES string of the molecule is Fc1cc(CCl)co1. The highest BCUT2D eigenvalue weighted by atomic mass is 35.5. The lowest BCUT2D eigenvalue weighted by Gasteiger charge is -1.74. The van der Waals surface area contributed by atoms with Crippen LogP contribution in [0.25, 0.3) is 0 Å². The van der Waals surface area contributed by atoms with E-state index in [9.17, 15) is 4.39 Å². The van der Waals surface area contributed by atoms with Gasteiger partial charge in [-0.3, -0.25) is 0 Å². The summed E-state index contributed by atoms with van der Waals surface area (Å²) in [6, 6.07) is 0.674. The van der Waals surface area contributed by atoms with Crippen LogP contribution in [0.3, 0.4) is 0 Å². The normalized spacial score (nSPS) is 9.75. The Balaban J connectivity index is 2.84. The van der Waals surface area contributed by atoms with E-state index in [0.717, 1.165) is 0 Å². The summed E-state index contributed by atoms with van der Waals surface area (Å²) in [5.74, 6) is 0.299. The third kappa shape index (κ3) is 1.01. The second-order valence-electron chi connectivity index (χ2n) is 1.39. The molecule has 0 saturated carbocycles. The van der Waals surface area contributed by atoms with E-state index in [1.54, 1.807) is 0 Å². The van der Waals surface area contributed by atoms with E-state index in [4.69, 9.17) is 11.6 Å². The Morgan fingerprint density at radius 1 is 1.75 bits per heavy atom. The standard InChI is InChI=1S/C5H4ClFO/c6-2-4-1-5(7)8-3-4/h1,3H,2H2. The number of alkyl halides is 1. The van der Waals surface area contributed by atoms with Crippen molar-refractivity contribution in [3.63, 3.8) is 0 Å². The second-order valence-corrected chi connectivity index (χ2v) is 1.66. The van der Waals surface area contributed by atoms with Crippen molar-refractivity contribution in [3.05, 3.63) is 23.9 Å². The summed E-state index contributed by atoms with van der Waals surface area (Å²) in [5, 5.41) is 0. The van der Waals surface area contributed by atoms with Crippen LogP contribution >= 0.6 is 11.6 Å². The molecule has 8 heavy (non-hydrogen) atoms. The van der Waals surface area contributed by atoms with Gasteiger partial charge in [-0.2, -0.15) is 4.39 Å². The molecule has 0 fully saturated rings. The summed E-state index contributed by atoms with van der Waals surface area (Å²) >= 11 is 5.31. The molecule has 0 unspecified atom stereocenters. The molecule has 1 heterocycles. The van der Waals surface area contributed by atoms with Crippen LogP contribution in [-0.4, -0.2) is 0 Å². The summed E-state index contributed by atoms with van der Waals surface area (Å²) in [6.45, 7) is 0. The largest absolute Gasteiger partial charge is 0.439 e. The highest BCUT2D eigenvalue weighted by Gasteiger charge is 1.95. The zero-order valence-electron chi connectivity index (χ0n) is 4.03. The van der Waals surface area contributed by atoms with Crippen molar-refractivity contribution < 1.29 is 8.81 Å². The van der Waals surface area contributed by atoms with Gasteiger partial charge in [0.15, 0.2) is 0 Å². The molecular formula is C5H4ClFO. The Hall–Kier alpha value is -0.500. The average molecular weight is 135 g/mol. The molecule has 0 atom stereocenters. The minimum atomic E-state index is -0.583. The lowest BCUT2D eigenvalue weighted by atomic mass is 10.4. The molecule has 1 rings (SSSR count). The fourth-order valence-electron chi connectivity index (χ4n) is 0.416. The molecule has 1 aromatic rings. The van der Waals surface area contributed by atoms with E-state index in [1.807, 2.05) is 0 Å². The van der Waals surface area contributed by atoms with Crippen molar-refractivity contribution in [1.29, 1.82) is 0 Å². The van der Waals surface area contributed by atoms with Gasteiger partial charge in [-0.05, 0) is 0 Å². The molecule has 0 aliphatic carbocycles. The predicted molar refractivity (Wildman–Crippen MR) is 28.2 cm³/mol. The highest BCUT2D eigenvalue weighted by Crippen LogP contribution is 2.07. The first-order valence-electron chi connectivity index (χ1n) is 2.12. The summed E-state index contributed by atoms with van der Waals surface area (Å²) in [4.78, 5) is 0. The first kappa shape index (κ1) is 5.63. The number of hydrogen-bond donors (Lipinski definition) is 0. The number of hydrogen-bond acceptors (Lipinski definition) is 1. The molecule has 0 amide bonds. The molecule has 0 radical (unpaired) electrons. The lowest BCUT2D eigenvalue weighted by Crippen LogP contribution is -1.64. The summed E-state index contributed by atoms with van der Waals surface area (Å²) in [5.41, 5.74) is 0.671. The van der Waals surface area contributed by atoms with Gasteiger partial charge in [-0.1, -0.05) is 0 Å². The number of halogens is 2. The van der Waals surface area contributed by atoms with Gasteiger partial charge in [0.1, 0.15) is 0 Å². The van der Waals surface area contributed by atoms with Gasteiger partial charge in [0.05, 0.1) is 12.1 Å². The predicted octanol–water partition coefficient (Wildman–Crippen LogP) is 2.16. The fourth-order valence-corrected chi connectivity index (χ4v) is 0.556. The second kappa shape index (κ2) is 2.18. The van der Waals surface area contributed by atoms with E-state index in [2.05, 4.69) is 4.42 Å². The van der Waals surface area contributed by atoms with E-state index >= 15 is 0 Å². The van der Waals surface area contributed by atoms with Crippen LogP contribution in [-0.2, 0) is 5.88 Å². The van der Waals surface area contributed by atoms with Crippen LogP contribution in [0.4, 0.5) is 4.39 Å². The highest BCUT2D eigenvalue weighted by molar-refractivity contribution is 6.17. The van der Waals surface area contributed by atoms with Crippen molar-refractivity contribution >= 4 is 11.6 Å². The molecule has 0 aliphatic rings. The smallest absolute Gasteiger partial charge is 0.277 e. The molecular weight excluding hydrogens is 131 g/mol. The van der Waals surface area contributed by atoms with Gasteiger partial charge in [-0.15, -0.1) is 11.6 Å². The maximum Gasteiger partial charge on any atom is 0.277 e. The van der Waals surface area contributed by atoms with Gasteiger partial charge in [0.25, 0.3) is 6.01 Å². The van der Waals surface area contributed by atoms with Gasteiger partial charge in [0, 0.05) is 11.6 Å². The minimum absolute atomic E-state index is 0.299. The zero-order valence-corrected chi connectivity index (χ0v) is 4.78. The molecule has 0 aromatic carbocycles.